The zero-order valence-corrected chi connectivity index (χ0v) is 17.1. The molecule has 8 nitrogen and oxygen atoms in total. The third-order valence-electron chi connectivity index (χ3n) is 5.08. The number of piperidine rings is 1. The van der Waals surface area contributed by atoms with Gasteiger partial charge >= 0.3 is 0 Å². The smallest absolute Gasteiger partial charge is 0.264 e. The van der Waals surface area contributed by atoms with Crippen molar-refractivity contribution in [2.24, 2.45) is 0 Å². The number of benzene rings is 2. The highest BCUT2D eigenvalue weighted by Gasteiger charge is 2.49. The van der Waals surface area contributed by atoms with Crippen LogP contribution in [0.5, 0.6) is 5.75 Å². The average molecular weight is 438 g/mol. The minimum absolute atomic E-state index is 0.0160. The lowest BCUT2D eigenvalue weighted by Gasteiger charge is -2.42. The van der Waals surface area contributed by atoms with E-state index in [4.69, 9.17) is 9.94 Å². The van der Waals surface area contributed by atoms with E-state index in [-0.39, 0.29) is 24.5 Å². The Labute approximate surface area is 173 Å². The topological polar surface area (TPSA) is 116 Å². The third kappa shape index (κ3) is 4.46. The number of aliphatic hydroxyl groups is 1. The summed E-state index contributed by atoms with van der Waals surface area (Å²) < 4.78 is 46.3. The average Bonchev–Trinajstić information content (AvgIpc) is 2.72. The highest BCUT2D eigenvalue weighted by molar-refractivity contribution is 7.89. The fraction of sp³-hybridized carbons (Fsp3) is 0.350. The van der Waals surface area contributed by atoms with Gasteiger partial charge in [-0.15, -0.1) is 0 Å². The van der Waals surface area contributed by atoms with Gasteiger partial charge in [0, 0.05) is 12.1 Å². The molecule has 1 aliphatic heterocycles. The Hall–Kier alpha value is -2.53. The van der Waals surface area contributed by atoms with Gasteiger partial charge < -0.3 is 9.84 Å². The standard InChI is InChI=1S/C20H23FN2O6S/c1-20(25)11-4-12-23(18(20)19(24)22-26)30(27,28)16-9-7-15(8-10-16)29-13-14-5-2-3-6-17(14)21/h2-3,5-10,18,25-26H,4,11-13H2,1H3,(H,22,24)/t18?,20-/m1/s1. The van der Waals surface area contributed by atoms with E-state index in [9.17, 15) is 22.7 Å². The SMILES string of the molecule is C[C@@]1(O)CCCN(S(=O)(=O)c2ccc(OCc3ccccc3F)cc2)C1C(=O)NO. The van der Waals surface area contributed by atoms with Crippen LogP contribution in [-0.2, 0) is 21.4 Å². The molecular weight excluding hydrogens is 415 g/mol. The molecule has 1 aliphatic rings. The van der Waals surface area contributed by atoms with Gasteiger partial charge in [0.15, 0.2) is 0 Å². The maximum absolute atomic E-state index is 13.7. The Morgan fingerprint density at radius 1 is 1.27 bits per heavy atom. The van der Waals surface area contributed by atoms with Crippen molar-refractivity contribution < 1.29 is 32.7 Å². The van der Waals surface area contributed by atoms with Crippen LogP contribution in [0.2, 0.25) is 0 Å². The number of halogens is 1. The van der Waals surface area contributed by atoms with E-state index in [1.807, 2.05) is 0 Å². The number of carbonyl (C=O) groups excluding carboxylic acids is 1. The molecule has 0 saturated carbocycles. The van der Waals surface area contributed by atoms with Crippen molar-refractivity contribution in [3.05, 3.63) is 59.9 Å². The van der Waals surface area contributed by atoms with Gasteiger partial charge in [-0.1, -0.05) is 18.2 Å². The maximum Gasteiger partial charge on any atom is 0.264 e. The molecule has 3 rings (SSSR count). The van der Waals surface area contributed by atoms with Crippen molar-refractivity contribution in [2.45, 2.75) is 42.9 Å². The van der Waals surface area contributed by atoms with E-state index < -0.39 is 33.4 Å². The molecule has 0 aromatic heterocycles. The summed E-state index contributed by atoms with van der Waals surface area (Å²) in [6.07, 6.45) is 0.561. The van der Waals surface area contributed by atoms with Crippen LogP contribution in [0, 0.1) is 5.82 Å². The van der Waals surface area contributed by atoms with Gasteiger partial charge in [0.1, 0.15) is 24.2 Å². The molecule has 0 radical (unpaired) electrons. The molecule has 30 heavy (non-hydrogen) atoms. The summed E-state index contributed by atoms with van der Waals surface area (Å²) in [7, 11) is -4.14. The Bertz CT molecular complexity index is 1010. The molecule has 0 spiro atoms. The van der Waals surface area contributed by atoms with Crippen molar-refractivity contribution >= 4 is 15.9 Å². The van der Waals surface area contributed by atoms with Gasteiger partial charge in [-0.05, 0) is 50.1 Å². The Morgan fingerprint density at radius 2 is 1.93 bits per heavy atom. The second-order valence-electron chi connectivity index (χ2n) is 7.31. The number of nitrogens with one attached hydrogen (secondary N) is 1. The number of hydroxylamine groups is 1. The first kappa shape index (κ1) is 22.2. The van der Waals surface area contributed by atoms with Gasteiger partial charge in [0.05, 0.1) is 10.5 Å². The van der Waals surface area contributed by atoms with E-state index >= 15 is 0 Å². The molecule has 2 aromatic rings. The number of hydrogen-bond acceptors (Lipinski definition) is 6. The summed E-state index contributed by atoms with van der Waals surface area (Å²) in [5.74, 6) is -1.07. The molecule has 2 atom stereocenters. The van der Waals surface area contributed by atoms with Gasteiger partial charge in [-0.25, -0.2) is 18.3 Å². The molecule has 1 saturated heterocycles. The fourth-order valence-electron chi connectivity index (χ4n) is 3.52. The minimum atomic E-state index is -4.14. The predicted molar refractivity (Wildman–Crippen MR) is 105 cm³/mol. The van der Waals surface area contributed by atoms with E-state index in [1.54, 1.807) is 18.2 Å². The summed E-state index contributed by atoms with van der Waals surface area (Å²) in [4.78, 5) is 12.0. The zero-order valence-electron chi connectivity index (χ0n) is 16.3. The van der Waals surface area contributed by atoms with Crippen LogP contribution in [0.15, 0.2) is 53.4 Å². The van der Waals surface area contributed by atoms with Crippen LogP contribution >= 0.6 is 0 Å². The third-order valence-corrected chi connectivity index (χ3v) is 6.96. The summed E-state index contributed by atoms with van der Waals surface area (Å²) in [6.45, 7) is 1.35. The number of rotatable bonds is 6. The number of nitrogens with zero attached hydrogens (tertiary/aromatic N) is 1. The number of ether oxygens (including phenoxy) is 1. The Balaban J connectivity index is 1.80. The summed E-state index contributed by atoms with van der Waals surface area (Å²) in [5, 5.41) is 19.5. The first-order valence-electron chi connectivity index (χ1n) is 9.31. The Kier molecular flexibility index (Phi) is 6.41. The van der Waals surface area contributed by atoms with Crippen LogP contribution in [0.4, 0.5) is 4.39 Å². The predicted octanol–water partition coefficient (Wildman–Crippen LogP) is 1.81. The quantitative estimate of drug-likeness (QED) is 0.468. The van der Waals surface area contributed by atoms with Crippen molar-refractivity contribution in [3.8, 4) is 5.75 Å². The van der Waals surface area contributed by atoms with E-state index in [1.165, 1.54) is 42.7 Å². The highest BCUT2D eigenvalue weighted by atomic mass is 32.2. The lowest BCUT2D eigenvalue weighted by atomic mass is 9.87. The minimum Gasteiger partial charge on any atom is -0.489 e. The second kappa shape index (κ2) is 8.68. The largest absolute Gasteiger partial charge is 0.489 e. The van der Waals surface area contributed by atoms with Gasteiger partial charge in [0.2, 0.25) is 10.0 Å². The summed E-state index contributed by atoms with van der Waals surface area (Å²) >= 11 is 0. The molecule has 1 heterocycles. The van der Waals surface area contributed by atoms with Crippen molar-refractivity contribution in [3.63, 3.8) is 0 Å². The summed E-state index contributed by atoms with van der Waals surface area (Å²) in [5.41, 5.74) is 0.160. The molecule has 1 unspecified atom stereocenters. The van der Waals surface area contributed by atoms with Gasteiger partial charge in [-0.3, -0.25) is 10.0 Å². The molecule has 3 N–H and O–H groups in total. The zero-order chi connectivity index (χ0) is 21.9. The lowest BCUT2D eigenvalue weighted by Crippen LogP contribution is -2.62. The summed E-state index contributed by atoms with van der Waals surface area (Å²) in [6, 6.07) is 10.2. The van der Waals surface area contributed by atoms with Crippen LogP contribution in [0.3, 0.4) is 0 Å². The number of carbonyl (C=O) groups is 1. The normalized spacial score (nSPS) is 22.5. The maximum atomic E-state index is 13.7. The molecule has 0 bridgehead atoms. The van der Waals surface area contributed by atoms with Crippen LogP contribution in [-0.4, -0.2) is 47.1 Å². The van der Waals surface area contributed by atoms with E-state index in [2.05, 4.69) is 0 Å². The van der Waals surface area contributed by atoms with Crippen molar-refractivity contribution in [2.75, 3.05) is 6.54 Å². The fourth-order valence-corrected chi connectivity index (χ4v) is 5.24. The monoisotopic (exact) mass is 438 g/mol. The first-order valence-corrected chi connectivity index (χ1v) is 10.8. The molecule has 1 fully saturated rings. The van der Waals surface area contributed by atoms with Crippen LogP contribution in [0.25, 0.3) is 0 Å². The van der Waals surface area contributed by atoms with Crippen molar-refractivity contribution in [1.82, 2.24) is 9.79 Å². The Morgan fingerprint density at radius 3 is 2.57 bits per heavy atom. The first-order chi connectivity index (χ1) is 14.2. The number of hydrogen-bond donors (Lipinski definition) is 3. The molecule has 1 amide bonds. The van der Waals surface area contributed by atoms with E-state index in [0.29, 0.717) is 17.7 Å². The number of amides is 1. The molecule has 10 heteroatoms. The van der Waals surface area contributed by atoms with Gasteiger partial charge in [0.25, 0.3) is 5.91 Å². The van der Waals surface area contributed by atoms with Crippen molar-refractivity contribution in [1.29, 1.82) is 0 Å². The molecule has 162 valence electrons. The lowest BCUT2D eigenvalue weighted by molar-refractivity contribution is -0.144. The molecule has 2 aromatic carbocycles. The molecule has 0 aliphatic carbocycles. The van der Waals surface area contributed by atoms with E-state index in [0.717, 1.165) is 4.31 Å². The second-order valence-corrected chi connectivity index (χ2v) is 9.20. The van der Waals surface area contributed by atoms with Gasteiger partial charge in [-0.2, -0.15) is 4.31 Å². The van der Waals surface area contributed by atoms with Crippen LogP contribution in [0.1, 0.15) is 25.3 Å². The molecular formula is C20H23FN2O6S. The van der Waals surface area contributed by atoms with Crippen LogP contribution < -0.4 is 10.2 Å². The highest BCUT2D eigenvalue weighted by Crippen LogP contribution is 2.32. The number of sulfonamides is 1.